The van der Waals surface area contributed by atoms with Crippen LogP contribution in [-0.2, 0) is 17.6 Å². The van der Waals surface area contributed by atoms with E-state index in [0.29, 0.717) is 11.6 Å². The first kappa shape index (κ1) is 16.5. The Morgan fingerprint density at radius 3 is 3.04 bits per heavy atom. The quantitative estimate of drug-likeness (QED) is 0.561. The van der Waals surface area contributed by atoms with Crippen molar-refractivity contribution in [1.82, 2.24) is 19.6 Å². The summed E-state index contributed by atoms with van der Waals surface area (Å²) in [6.45, 7) is 1.58. The first-order valence-corrected chi connectivity index (χ1v) is 10.8. The van der Waals surface area contributed by atoms with Crippen molar-refractivity contribution in [2.45, 2.75) is 44.6 Å². The Balaban J connectivity index is 1.52. The van der Waals surface area contributed by atoms with Gasteiger partial charge in [-0.3, -0.25) is 0 Å². The zero-order valence-electron chi connectivity index (χ0n) is 15.5. The lowest BCUT2D eigenvalue weighted by Crippen LogP contribution is -2.20. The molecule has 1 aliphatic carbocycles. The molecule has 1 N–H and O–H groups in total. The fraction of sp³-hybridized carbons (Fsp3) is 0.450. The number of anilines is 1. The monoisotopic (exact) mass is 395 g/mol. The van der Waals surface area contributed by atoms with Crippen LogP contribution in [0.5, 0.6) is 0 Å². The van der Waals surface area contributed by atoms with Gasteiger partial charge in [-0.05, 0) is 56.2 Å². The number of aromatic nitrogens is 4. The zero-order chi connectivity index (χ0) is 18.5. The van der Waals surface area contributed by atoms with Gasteiger partial charge < -0.3 is 14.5 Å². The molecule has 0 unspecified atom stereocenters. The lowest BCUT2D eigenvalue weighted by Gasteiger charge is -2.12. The van der Waals surface area contributed by atoms with Crippen LogP contribution in [0.2, 0.25) is 0 Å². The minimum atomic E-state index is 0.233. The maximum atomic E-state index is 5.76. The van der Waals surface area contributed by atoms with Crippen LogP contribution >= 0.6 is 11.3 Å². The molecular weight excluding hydrogens is 374 g/mol. The average molecular weight is 395 g/mol. The Morgan fingerprint density at radius 2 is 2.18 bits per heavy atom. The number of hydrogen-bond acceptors (Lipinski definition) is 7. The number of nitrogens with zero attached hydrogens (tertiary/aromatic N) is 4. The van der Waals surface area contributed by atoms with Crippen LogP contribution in [0.3, 0.4) is 0 Å². The predicted octanol–water partition coefficient (Wildman–Crippen LogP) is 4.07. The highest BCUT2D eigenvalue weighted by Gasteiger charge is 2.24. The van der Waals surface area contributed by atoms with Crippen molar-refractivity contribution in [2.24, 2.45) is 0 Å². The molecule has 8 heteroatoms. The van der Waals surface area contributed by atoms with Gasteiger partial charge in [0, 0.05) is 18.0 Å². The summed E-state index contributed by atoms with van der Waals surface area (Å²) in [5.41, 5.74) is 2.28. The molecule has 1 aliphatic heterocycles. The van der Waals surface area contributed by atoms with Crippen molar-refractivity contribution in [1.29, 1.82) is 0 Å². The normalized spacial score (nSPS) is 19.5. The SMILES string of the molecule is c1coc(-c2nc3c4c5c(sc4nc(NC[C@H]4CCCO4)n3n2)CCCC5)c1. The van der Waals surface area contributed by atoms with E-state index < -0.39 is 0 Å². The standard InChI is InChI=1S/C20H21N5O2S/c1-2-8-15-13(6-1)16-18-22-17(14-7-4-10-27-14)24-25(18)20(23-19(16)28-15)21-11-12-5-3-9-26-12/h4,7,10,12H,1-3,5-6,8-9,11H2,(H,21,23)/t12-/m1/s1. The summed E-state index contributed by atoms with van der Waals surface area (Å²) in [6, 6.07) is 3.75. The molecule has 0 bridgehead atoms. The molecular formula is C20H21N5O2S. The first-order chi connectivity index (χ1) is 13.9. The molecule has 28 heavy (non-hydrogen) atoms. The summed E-state index contributed by atoms with van der Waals surface area (Å²) in [5, 5.41) is 9.35. The largest absolute Gasteiger partial charge is 0.461 e. The molecule has 0 aromatic carbocycles. The van der Waals surface area contributed by atoms with E-state index in [9.17, 15) is 0 Å². The van der Waals surface area contributed by atoms with Gasteiger partial charge in [0.2, 0.25) is 11.8 Å². The van der Waals surface area contributed by atoms with Crippen molar-refractivity contribution in [2.75, 3.05) is 18.5 Å². The summed E-state index contributed by atoms with van der Waals surface area (Å²) in [4.78, 5) is 12.3. The summed E-state index contributed by atoms with van der Waals surface area (Å²) < 4.78 is 13.1. The molecule has 4 aromatic heterocycles. The van der Waals surface area contributed by atoms with Gasteiger partial charge in [0.1, 0.15) is 4.83 Å². The summed E-state index contributed by atoms with van der Waals surface area (Å²) in [6.07, 6.45) is 8.81. The molecule has 1 saturated heterocycles. The van der Waals surface area contributed by atoms with E-state index in [0.717, 1.165) is 60.6 Å². The summed E-state index contributed by atoms with van der Waals surface area (Å²) >= 11 is 1.81. The number of furan rings is 1. The third-order valence-corrected chi connectivity index (χ3v) is 6.83. The molecule has 0 amide bonds. The van der Waals surface area contributed by atoms with E-state index in [2.05, 4.69) is 5.32 Å². The van der Waals surface area contributed by atoms with Gasteiger partial charge in [0.25, 0.3) is 0 Å². The van der Waals surface area contributed by atoms with Crippen LogP contribution in [0.15, 0.2) is 22.8 Å². The van der Waals surface area contributed by atoms with E-state index in [1.165, 1.54) is 23.3 Å². The van der Waals surface area contributed by atoms with Crippen LogP contribution in [0.25, 0.3) is 27.4 Å². The molecule has 0 spiro atoms. The van der Waals surface area contributed by atoms with Crippen LogP contribution in [0, 0.1) is 0 Å². The zero-order valence-corrected chi connectivity index (χ0v) is 16.3. The number of ether oxygens (including phenoxy) is 1. The number of aryl methyl sites for hydroxylation is 2. The molecule has 0 radical (unpaired) electrons. The van der Waals surface area contributed by atoms with Crippen LogP contribution in [-0.4, -0.2) is 38.8 Å². The second kappa shape index (κ2) is 6.56. The Labute approximate surface area is 165 Å². The van der Waals surface area contributed by atoms with Crippen molar-refractivity contribution < 1.29 is 9.15 Å². The Bertz CT molecular complexity index is 1140. The van der Waals surface area contributed by atoms with Gasteiger partial charge in [0.05, 0.1) is 17.8 Å². The fourth-order valence-corrected chi connectivity index (χ4v) is 5.52. The second-order valence-electron chi connectivity index (χ2n) is 7.49. The van der Waals surface area contributed by atoms with Crippen molar-refractivity contribution >= 4 is 33.1 Å². The number of rotatable bonds is 4. The van der Waals surface area contributed by atoms with E-state index in [4.69, 9.17) is 24.2 Å². The molecule has 4 aromatic rings. The highest BCUT2D eigenvalue weighted by Crippen LogP contribution is 2.38. The molecule has 2 aliphatic rings. The van der Waals surface area contributed by atoms with E-state index in [1.807, 2.05) is 16.6 Å². The lowest BCUT2D eigenvalue weighted by molar-refractivity contribution is 0.120. The molecule has 144 valence electrons. The van der Waals surface area contributed by atoms with Gasteiger partial charge in [-0.1, -0.05) is 0 Å². The maximum absolute atomic E-state index is 5.76. The topological polar surface area (TPSA) is 77.5 Å². The minimum absolute atomic E-state index is 0.233. The fourth-order valence-electron chi connectivity index (χ4n) is 4.26. The minimum Gasteiger partial charge on any atom is -0.461 e. The van der Waals surface area contributed by atoms with Gasteiger partial charge in [-0.2, -0.15) is 4.52 Å². The second-order valence-corrected chi connectivity index (χ2v) is 8.57. The third kappa shape index (κ3) is 2.62. The Morgan fingerprint density at radius 1 is 1.21 bits per heavy atom. The summed E-state index contributed by atoms with van der Waals surface area (Å²) in [7, 11) is 0. The lowest BCUT2D eigenvalue weighted by atomic mass is 9.97. The first-order valence-electron chi connectivity index (χ1n) is 9.97. The van der Waals surface area contributed by atoms with E-state index >= 15 is 0 Å². The molecule has 1 atom stereocenters. The highest BCUT2D eigenvalue weighted by atomic mass is 32.1. The molecule has 1 fully saturated rings. The van der Waals surface area contributed by atoms with Crippen LogP contribution < -0.4 is 5.32 Å². The van der Waals surface area contributed by atoms with Crippen molar-refractivity contribution in [3.05, 3.63) is 28.8 Å². The van der Waals surface area contributed by atoms with Crippen molar-refractivity contribution in [3.63, 3.8) is 0 Å². The third-order valence-electron chi connectivity index (χ3n) is 5.64. The number of thiophene rings is 1. The molecule has 6 rings (SSSR count). The summed E-state index contributed by atoms with van der Waals surface area (Å²) in [5.74, 6) is 1.99. The van der Waals surface area contributed by atoms with E-state index in [1.54, 1.807) is 17.6 Å². The Kier molecular flexibility index (Phi) is 3.87. The smallest absolute Gasteiger partial charge is 0.227 e. The van der Waals surface area contributed by atoms with Crippen LogP contribution in [0.1, 0.15) is 36.1 Å². The molecule has 7 nitrogen and oxygen atoms in total. The molecule has 0 saturated carbocycles. The average Bonchev–Trinajstić information content (AvgIpc) is 3.51. The predicted molar refractivity (Wildman–Crippen MR) is 108 cm³/mol. The number of nitrogens with one attached hydrogen (secondary N) is 1. The van der Waals surface area contributed by atoms with Crippen LogP contribution in [0.4, 0.5) is 5.95 Å². The van der Waals surface area contributed by atoms with Crippen molar-refractivity contribution in [3.8, 4) is 11.6 Å². The number of hydrogen-bond donors (Lipinski definition) is 1. The Hall–Kier alpha value is -2.45. The highest BCUT2D eigenvalue weighted by molar-refractivity contribution is 7.19. The molecule has 5 heterocycles. The number of fused-ring (bicyclic) bond motifs is 5. The maximum Gasteiger partial charge on any atom is 0.227 e. The van der Waals surface area contributed by atoms with Gasteiger partial charge in [-0.25, -0.2) is 9.97 Å². The van der Waals surface area contributed by atoms with Gasteiger partial charge in [0.15, 0.2) is 11.4 Å². The van der Waals surface area contributed by atoms with Gasteiger partial charge >= 0.3 is 0 Å². The van der Waals surface area contributed by atoms with E-state index in [-0.39, 0.29) is 6.10 Å². The van der Waals surface area contributed by atoms with Gasteiger partial charge in [-0.15, -0.1) is 16.4 Å².